The number of aryl methyl sites for hydroxylation is 1. The quantitative estimate of drug-likeness (QED) is 0.604. The van der Waals surface area contributed by atoms with Crippen LogP contribution >= 0.6 is 0 Å². The van der Waals surface area contributed by atoms with E-state index in [1.807, 2.05) is 6.07 Å². The molecule has 1 rings (SSSR count). The van der Waals surface area contributed by atoms with Gasteiger partial charge in [0.2, 0.25) is 0 Å². The van der Waals surface area contributed by atoms with Crippen LogP contribution in [0.25, 0.3) is 0 Å². The normalized spacial score (nSPS) is 10.8. The molecule has 0 unspecified atom stereocenters. The van der Waals surface area contributed by atoms with Gasteiger partial charge in [-0.3, -0.25) is 0 Å². The van der Waals surface area contributed by atoms with Crippen LogP contribution < -0.4 is 9.47 Å². The summed E-state index contributed by atoms with van der Waals surface area (Å²) in [6.07, 6.45) is 4.46. The van der Waals surface area contributed by atoms with Gasteiger partial charge in [0.05, 0.1) is 13.7 Å². The molecule has 0 bridgehead atoms. The lowest BCUT2D eigenvalue weighted by Gasteiger charge is -2.12. The molecule has 114 valence electrons. The van der Waals surface area contributed by atoms with E-state index in [0.717, 1.165) is 36.9 Å². The van der Waals surface area contributed by atoms with E-state index in [0.29, 0.717) is 6.61 Å². The predicted molar refractivity (Wildman–Crippen MR) is 82.8 cm³/mol. The van der Waals surface area contributed by atoms with Crippen molar-refractivity contribution in [2.75, 3.05) is 27.4 Å². The molecule has 0 aliphatic rings. The molecule has 1 aromatic rings. The van der Waals surface area contributed by atoms with Gasteiger partial charge < -0.3 is 14.2 Å². The Labute approximate surface area is 123 Å². The second-order valence-corrected chi connectivity index (χ2v) is 5.47. The zero-order valence-corrected chi connectivity index (χ0v) is 13.3. The summed E-state index contributed by atoms with van der Waals surface area (Å²) >= 11 is 0. The SMILES string of the molecule is COCCCOc1cc(CCCC(C)C)ccc1OC. The van der Waals surface area contributed by atoms with Gasteiger partial charge >= 0.3 is 0 Å². The van der Waals surface area contributed by atoms with Crippen LogP contribution in [0, 0.1) is 5.92 Å². The predicted octanol–water partition coefficient (Wildman–Crippen LogP) is 4.09. The average Bonchev–Trinajstić information content (AvgIpc) is 2.43. The average molecular weight is 280 g/mol. The van der Waals surface area contributed by atoms with Crippen LogP contribution in [0.5, 0.6) is 11.5 Å². The third kappa shape index (κ3) is 6.29. The molecule has 0 aliphatic carbocycles. The number of rotatable bonds is 10. The Hall–Kier alpha value is -1.22. The first kappa shape index (κ1) is 16.8. The second-order valence-electron chi connectivity index (χ2n) is 5.47. The summed E-state index contributed by atoms with van der Waals surface area (Å²) in [4.78, 5) is 0. The first-order chi connectivity index (χ1) is 9.67. The highest BCUT2D eigenvalue weighted by molar-refractivity contribution is 5.43. The van der Waals surface area contributed by atoms with Crippen molar-refractivity contribution in [2.24, 2.45) is 5.92 Å². The number of hydrogen-bond donors (Lipinski definition) is 0. The minimum Gasteiger partial charge on any atom is -0.493 e. The largest absolute Gasteiger partial charge is 0.493 e. The number of benzene rings is 1. The maximum Gasteiger partial charge on any atom is 0.161 e. The molecule has 3 heteroatoms. The summed E-state index contributed by atoms with van der Waals surface area (Å²) in [7, 11) is 3.38. The van der Waals surface area contributed by atoms with Gasteiger partial charge in [-0.05, 0) is 36.5 Å². The molecule has 0 spiro atoms. The molecule has 0 saturated heterocycles. The molecule has 1 aromatic carbocycles. The van der Waals surface area contributed by atoms with E-state index < -0.39 is 0 Å². The van der Waals surface area contributed by atoms with Gasteiger partial charge in [-0.25, -0.2) is 0 Å². The summed E-state index contributed by atoms with van der Waals surface area (Å²) in [5.74, 6) is 2.40. The lowest BCUT2D eigenvalue weighted by molar-refractivity contribution is 0.170. The molecule has 3 nitrogen and oxygen atoms in total. The van der Waals surface area contributed by atoms with E-state index in [-0.39, 0.29) is 0 Å². The van der Waals surface area contributed by atoms with E-state index in [4.69, 9.17) is 14.2 Å². The third-order valence-corrected chi connectivity index (χ3v) is 3.23. The van der Waals surface area contributed by atoms with Crippen LogP contribution in [0.4, 0.5) is 0 Å². The van der Waals surface area contributed by atoms with Gasteiger partial charge in [0.1, 0.15) is 0 Å². The number of ether oxygens (including phenoxy) is 3. The monoisotopic (exact) mass is 280 g/mol. The van der Waals surface area contributed by atoms with Crippen molar-refractivity contribution in [1.29, 1.82) is 0 Å². The summed E-state index contributed by atoms with van der Waals surface area (Å²) in [6.45, 7) is 5.90. The van der Waals surface area contributed by atoms with Crippen molar-refractivity contribution < 1.29 is 14.2 Å². The van der Waals surface area contributed by atoms with Crippen molar-refractivity contribution in [1.82, 2.24) is 0 Å². The molecular formula is C17H28O3. The Morgan fingerprint density at radius 3 is 2.45 bits per heavy atom. The zero-order chi connectivity index (χ0) is 14.8. The van der Waals surface area contributed by atoms with Crippen LogP contribution in [-0.2, 0) is 11.2 Å². The molecule has 0 aliphatic heterocycles. The lowest BCUT2D eigenvalue weighted by atomic mass is 10.0. The van der Waals surface area contributed by atoms with Crippen molar-refractivity contribution >= 4 is 0 Å². The van der Waals surface area contributed by atoms with Crippen LogP contribution in [0.3, 0.4) is 0 Å². The lowest BCUT2D eigenvalue weighted by Crippen LogP contribution is -2.03. The van der Waals surface area contributed by atoms with E-state index in [9.17, 15) is 0 Å². The van der Waals surface area contributed by atoms with E-state index >= 15 is 0 Å². The molecule has 0 N–H and O–H groups in total. The van der Waals surface area contributed by atoms with Crippen molar-refractivity contribution in [3.8, 4) is 11.5 Å². The van der Waals surface area contributed by atoms with Crippen molar-refractivity contribution in [3.63, 3.8) is 0 Å². The van der Waals surface area contributed by atoms with E-state index in [2.05, 4.69) is 26.0 Å². The fourth-order valence-electron chi connectivity index (χ4n) is 2.09. The fourth-order valence-corrected chi connectivity index (χ4v) is 2.09. The van der Waals surface area contributed by atoms with E-state index in [1.54, 1.807) is 14.2 Å². The Kier molecular flexibility index (Phi) is 8.12. The van der Waals surface area contributed by atoms with Crippen LogP contribution in [-0.4, -0.2) is 27.4 Å². The molecule has 0 heterocycles. The molecule has 0 atom stereocenters. The molecule has 0 radical (unpaired) electrons. The maximum absolute atomic E-state index is 5.79. The summed E-state index contributed by atoms with van der Waals surface area (Å²) in [6, 6.07) is 6.23. The molecule has 0 saturated carbocycles. The van der Waals surface area contributed by atoms with E-state index in [1.165, 1.54) is 18.4 Å². The number of methoxy groups -OCH3 is 2. The van der Waals surface area contributed by atoms with Gasteiger partial charge in [-0.15, -0.1) is 0 Å². The standard InChI is InChI=1S/C17H28O3/c1-14(2)7-5-8-15-9-10-16(19-4)17(13-15)20-12-6-11-18-3/h9-10,13-14H,5-8,11-12H2,1-4H3. The first-order valence-electron chi connectivity index (χ1n) is 7.46. The van der Waals surface area contributed by atoms with Crippen LogP contribution in [0.15, 0.2) is 18.2 Å². The van der Waals surface area contributed by atoms with Crippen LogP contribution in [0.1, 0.15) is 38.7 Å². The van der Waals surface area contributed by atoms with Gasteiger partial charge in [0.15, 0.2) is 11.5 Å². The maximum atomic E-state index is 5.79. The molecule has 0 amide bonds. The first-order valence-corrected chi connectivity index (χ1v) is 7.46. The Bertz CT molecular complexity index is 374. The molecule has 20 heavy (non-hydrogen) atoms. The minimum absolute atomic E-state index is 0.652. The Balaban J connectivity index is 2.55. The Morgan fingerprint density at radius 1 is 1.00 bits per heavy atom. The molecule has 0 aromatic heterocycles. The van der Waals surface area contributed by atoms with Gasteiger partial charge in [0.25, 0.3) is 0 Å². The highest BCUT2D eigenvalue weighted by Crippen LogP contribution is 2.29. The second kappa shape index (κ2) is 9.65. The fraction of sp³-hybridized carbons (Fsp3) is 0.647. The molecule has 0 fully saturated rings. The Morgan fingerprint density at radius 2 is 1.80 bits per heavy atom. The topological polar surface area (TPSA) is 27.7 Å². The third-order valence-electron chi connectivity index (χ3n) is 3.23. The van der Waals surface area contributed by atoms with Crippen molar-refractivity contribution in [3.05, 3.63) is 23.8 Å². The summed E-state index contributed by atoms with van der Waals surface area (Å²) < 4.78 is 16.2. The van der Waals surface area contributed by atoms with Gasteiger partial charge in [-0.1, -0.05) is 26.3 Å². The van der Waals surface area contributed by atoms with Gasteiger partial charge in [-0.2, -0.15) is 0 Å². The highest BCUT2D eigenvalue weighted by atomic mass is 16.5. The van der Waals surface area contributed by atoms with Crippen molar-refractivity contribution in [2.45, 2.75) is 39.5 Å². The van der Waals surface area contributed by atoms with Gasteiger partial charge in [0, 0.05) is 20.1 Å². The minimum atomic E-state index is 0.652. The summed E-state index contributed by atoms with van der Waals surface area (Å²) in [5, 5.41) is 0. The summed E-state index contributed by atoms with van der Waals surface area (Å²) in [5.41, 5.74) is 1.31. The smallest absolute Gasteiger partial charge is 0.161 e. The zero-order valence-electron chi connectivity index (χ0n) is 13.3. The van der Waals surface area contributed by atoms with Crippen LogP contribution in [0.2, 0.25) is 0 Å². The number of hydrogen-bond acceptors (Lipinski definition) is 3. The molecular weight excluding hydrogens is 252 g/mol. The highest BCUT2D eigenvalue weighted by Gasteiger charge is 2.06.